The van der Waals surface area contributed by atoms with Gasteiger partial charge in [0.1, 0.15) is 5.01 Å². The minimum absolute atomic E-state index is 0.0254. The minimum Gasteiger partial charge on any atom is -0.493 e. The van der Waals surface area contributed by atoms with E-state index in [4.69, 9.17) is 21.1 Å². The number of pyridine rings is 1. The van der Waals surface area contributed by atoms with E-state index >= 15 is 0 Å². The quantitative estimate of drug-likeness (QED) is 0.614. The van der Waals surface area contributed by atoms with Crippen molar-refractivity contribution in [1.82, 2.24) is 9.97 Å². The highest BCUT2D eigenvalue weighted by atomic mass is 35.5. The lowest BCUT2D eigenvalue weighted by atomic mass is 10.2. The summed E-state index contributed by atoms with van der Waals surface area (Å²) in [4.78, 5) is 8.31. The monoisotopic (exact) mass is 410 g/mol. The Morgan fingerprint density at radius 3 is 2.54 bits per heavy atom. The lowest BCUT2D eigenvalue weighted by Gasteiger charge is -2.08. The van der Waals surface area contributed by atoms with Gasteiger partial charge in [0.2, 0.25) is 9.84 Å². The molecule has 0 spiro atoms. The number of ether oxygens (including phenoxy) is 2. The van der Waals surface area contributed by atoms with Crippen LogP contribution in [-0.2, 0) is 15.6 Å². The van der Waals surface area contributed by atoms with Crippen LogP contribution in [0.4, 0.5) is 0 Å². The Kier molecular flexibility index (Phi) is 5.45. The van der Waals surface area contributed by atoms with E-state index in [0.29, 0.717) is 27.2 Å². The Balaban J connectivity index is 1.85. The van der Waals surface area contributed by atoms with E-state index in [0.717, 1.165) is 5.56 Å². The van der Waals surface area contributed by atoms with E-state index in [9.17, 15) is 8.42 Å². The van der Waals surface area contributed by atoms with Crippen molar-refractivity contribution in [2.45, 2.75) is 10.8 Å². The van der Waals surface area contributed by atoms with Gasteiger partial charge in [-0.25, -0.2) is 18.4 Å². The minimum atomic E-state index is -3.59. The number of nitrogens with zero attached hydrogens (tertiary/aromatic N) is 2. The van der Waals surface area contributed by atoms with Crippen LogP contribution in [0.2, 0.25) is 5.02 Å². The molecule has 0 saturated carbocycles. The molecule has 0 radical (unpaired) electrons. The lowest BCUT2D eigenvalue weighted by Crippen LogP contribution is -2.07. The van der Waals surface area contributed by atoms with Crippen molar-refractivity contribution in [2.24, 2.45) is 0 Å². The van der Waals surface area contributed by atoms with Crippen LogP contribution < -0.4 is 9.47 Å². The van der Waals surface area contributed by atoms with Gasteiger partial charge in [-0.2, -0.15) is 0 Å². The zero-order valence-electron chi connectivity index (χ0n) is 14.0. The molecule has 0 aliphatic heterocycles. The van der Waals surface area contributed by atoms with Crippen LogP contribution >= 0.6 is 22.9 Å². The van der Waals surface area contributed by atoms with Gasteiger partial charge in [-0.3, -0.25) is 0 Å². The Morgan fingerprint density at radius 1 is 1.12 bits per heavy atom. The molecule has 3 aromatic rings. The molecule has 0 unspecified atom stereocenters. The summed E-state index contributed by atoms with van der Waals surface area (Å²) in [6, 6.07) is 8.32. The number of aromatic nitrogens is 2. The van der Waals surface area contributed by atoms with E-state index in [1.807, 2.05) is 6.07 Å². The largest absolute Gasteiger partial charge is 0.493 e. The normalized spacial score (nSPS) is 11.3. The second-order valence-electron chi connectivity index (χ2n) is 5.29. The molecule has 0 amide bonds. The summed E-state index contributed by atoms with van der Waals surface area (Å²) in [5.74, 6) is 0.968. The highest BCUT2D eigenvalue weighted by Crippen LogP contribution is 2.33. The molecule has 0 aliphatic rings. The van der Waals surface area contributed by atoms with Gasteiger partial charge in [-0.05, 0) is 30.3 Å². The van der Waals surface area contributed by atoms with Gasteiger partial charge < -0.3 is 9.47 Å². The third-order valence-electron chi connectivity index (χ3n) is 3.54. The molecule has 3 rings (SSSR count). The van der Waals surface area contributed by atoms with Crippen molar-refractivity contribution in [3.8, 4) is 22.1 Å². The molecule has 1 aromatic carbocycles. The van der Waals surface area contributed by atoms with Crippen LogP contribution in [0.15, 0.2) is 46.9 Å². The van der Waals surface area contributed by atoms with E-state index < -0.39 is 9.84 Å². The van der Waals surface area contributed by atoms with Crippen molar-refractivity contribution < 1.29 is 17.9 Å². The summed E-state index contributed by atoms with van der Waals surface area (Å²) in [6.45, 7) is 0. The number of rotatable bonds is 6. The number of methoxy groups -OCH3 is 2. The number of hydrogen-bond donors (Lipinski definition) is 0. The summed E-state index contributed by atoms with van der Waals surface area (Å²) in [6.07, 6.45) is 1.31. The van der Waals surface area contributed by atoms with Crippen molar-refractivity contribution in [2.75, 3.05) is 14.2 Å². The molecule has 0 N–H and O–H groups in total. The molecule has 0 aliphatic carbocycles. The molecule has 2 aromatic heterocycles. The van der Waals surface area contributed by atoms with Crippen LogP contribution in [0.1, 0.15) is 5.69 Å². The molecule has 0 saturated heterocycles. The highest BCUT2D eigenvalue weighted by molar-refractivity contribution is 7.90. The number of thiazole rings is 1. The lowest BCUT2D eigenvalue weighted by molar-refractivity contribution is 0.355. The fourth-order valence-corrected chi connectivity index (χ4v) is 4.50. The van der Waals surface area contributed by atoms with E-state index in [2.05, 4.69) is 9.97 Å². The maximum absolute atomic E-state index is 12.5. The molecule has 9 heteroatoms. The Labute approximate surface area is 160 Å². The molecule has 26 heavy (non-hydrogen) atoms. The molecular formula is C17H15ClN2O4S2. The highest BCUT2D eigenvalue weighted by Gasteiger charge is 2.19. The maximum Gasteiger partial charge on any atom is 0.201 e. The molecule has 136 valence electrons. The van der Waals surface area contributed by atoms with Crippen LogP contribution in [0.5, 0.6) is 11.5 Å². The van der Waals surface area contributed by atoms with Gasteiger partial charge >= 0.3 is 0 Å². The topological polar surface area (TPSA) is 78.4 Å². The first-order valence-electron chi connectivity index (χ1n) is 7.44. The second-order valence-corrected chi connectivity index (χ2v) is 8.52. The maximum atomic E-state index is 12.5. The van der Waals surface area contributed by atoms with E-state index in [-0.39, 0.29) is 10.8 Å². The van der Waals surface area contributed by atoms with Crippen molar-refractivity contribution in [3.63, 3.8) is 0 Å². The van der Waals surface area contributed by atoms with Crippen LogP contribution in [0.3, 0.4) is 0 Å². The average molecular weight is 411 g/mol. The van der Waals surface area contributed by atoms with Gasteiger partial charge in [0.15, 0.2) is 16.5 Å². The van der Waals surface area contributed by atoms with Crippen LogP contribution in [-0.4, -0.2) is 32.6 Å². The van der Waals surface area contributed by atoms with E-state index in [1.54, 1.807) is 31.7 Å². The average Bonchev–Trinajstić information content (AvgIpc) is 3.09. The van der Waals surface area contributed by atoms with Gasteiger partial charge in [-0.1, -0.05) is 11.6 Å². The standard InChI is InChI=1S/C17H15ClN2O4S2/c1-23-14-5-3-11(7-15(14)24-2)17-20-13(9-25-17)10-26(21,22)16-6-4-12(18)8-19-16/h3-9H,10H2,1-2H3. The smallest absolute Gasteiger partial charge is 0.201 e. The van der Waals surface area contributed by atoms with Crippen molar-refractivity contribution in [3.05, 3.63) is 52.6 Å². The first-order valence-corrected chi connectivity index (χ1v) is 10.3. The SMILES string of the molecule is COc1ccc(-c2nc(CS(=O)(=O)c3ccc(Cl)cn3)cs2)cc1OC. The van der Waals surface area contributed by atoms with E-state index in [1.165, 1.54) is 29.7 Å². The summed E-state index contributed by atoms with van der Waals surface area (Å²) in [7, 11) is -0.472. The number of halogens is 1. The number of benzene rings is 1. The molecular weight excluding hydrogens is 396 g/mol. The first kappa shape index (κ1) is 18.6. The van der Waals surface area contributed by atoms with Crippen molar-refractivity contribution >= 4 is 32.8 Å². The Bertz CT molecular complexity index is 1020. The molecule has 0 fully saturated rings. The predicted octanol–water partition coefficient (Wildman–Crippen LogP) is 3.85. The second kappa shape index (κ2) is 7.61. The molecule has 6 nitrogen and oxygen atoms in total. The zero-order valence-corrected chi connectivity index (χ0v) is 16.4. The van der Waals surface area contributed by atoms with Gasteiger partial charge in [0.05, 0.1) is 30.7 Å². The van der Waals surface area contributed by atoms with Crippen LogP contribution in [0, 0.1) is 0 Å². The fraction of sp³-hybridized carbons (Fsp3) is 0.176. The Hall–Kier alpha value is -2.16. The molecule has 2 heterocycles. The van der Waals surface area contributed by atoms with Crippen LogP contribution in [0.25, 0.3) is 10.6 Å². The zero-order chi connectivity index (χ0) is 18.7. The predicted molar refractivity (Wildman–Crippen MR) is 101 cm³/mol. The molecule has 0 bridgehead atoms. The fourth-order valence-electron chi connectivity index (χ4n) is 2.29. The number of sulfone groups is 1. The van der Waals surface area contributed by atoms with Gasteiger partial charge in [0.25, 0.3) is 0 Å². The first-order chi connectivity index (χ1) is 12.4. The summed E-state index contributed by atoms with van der Waals surface area (Å²) >= 11 is 7.11. The van der Waals surface area contributed by atoms with Gasteiger partial charge in [-0.15, -0.1) is 11.3 Å². The summed E-state index contributed by atoms with van der Waals surface area (Å²) in [5.41, 5.74) is 1.28. The Morgan fingerprint density at radius 2 is 1.88 bits per heavy atom. The molecule has 0 atom stereocenters. The third-order valence-corrected chi connectivity index (χ3v) is 6.26. The van der Waals surface area contributed by atoms with Gasteiger partial charge in [0, 0.05) is 17.1 Å². The van der Waals surface area contributed by atoms with Crippen molar-refractivity contribution in [1.29, 1.82) is 0 Å². The number of hydrogen-bond acceptors (Lipinski definition) is 7. The third kappa shape index (κ3) is 3.98. The summed E-state index contributed by atoms with van der Waals surface area (Å²) < 4.78 is 35.4. The summed E-state index contributed by atoms with van der Waals surface area (Å²) in [5, 5.41) is 2.77.